The summed E-state index contributed by atoms with van der Waals surface area (Å²) < 4.78 is 5.16. The van der Waals surface area contributed by atoms with Crippen molar-refractivity contribution in [1.29, 1.82) is 0 Å². The SMILES string of the molecule is COc1cccc(SC(C)CCN)c1. The van der Waals surface area contributed by atoms with Gasteiger partial charge in [0.15, 0.2) is 0 Å². The van der Waals surface area contributed by atoms with Crippen LogP contribution in [-0.2, 0) is 0 Å². The van der Waals surface area contributed by atoms with E-state index in [1.165, 1.54) is 4.90 Å². The minimum absolute atomic E-state index is 0.562. The van der Waals surface area contributed by atoms with Crippen molar-refractivity contribution in [2.45, 2.75) is 23.5 Å². The Bertz CT molecular complexity index is 278. The van der Waals surface area contributed by atoms with E-state index in [4.69, 9.17) is 10.5 Å². The van der Waals surface area contributed by atoms with Crippen molar-refractivity contribution in [3.63, 3.8) is 0 Å². The van der Waals surface area contributed by atoms with Gasteiger partial charge in [-0.3, -0.25) is 0 Å². The van der Waals surface area contributed by atoms with E-state index in [1.807, 2.05) is 23.9 Å². The van der Waals surface area contributed by atoms with Crippen molar-refractivity contribution in [2.24, 2.45) is 5.73 Å². The van der Waals surface area contributed by atoms with Crippen LogP contribution in [0.2, 0.25) is 0 Å². The summed E-state index contributed by atoms with van der Waals surface area (Å²) in [7, 11) is 1.69. The van der Waals surface area contributed by atoms with Crippen molar-refractivity contribution in [3.8, 4) is 5.75 Å². The van der Waals surface area contributed by atoms with Crippen LogP contribution in [0.15, 0.2) is 29.2 Å². The summed E-state index contributed by atoms with van der Waals surface area (Å²) in [6.45, 7) is 2.94. The van der Waals surface area contributed by atoms with Gasteiger partial charge >= 0.3 is 0 Å². The van der Waals surface area contributed by atoms with E-state index in [0.29, 0.717) is 5.25 Å². The molecule has 1 atom stereocenters. The van der Waals surface area contributed by atoms with Gasteiger partial charge in [0.05, 0.1) is 7.11 Å². The lowest BCUT2D eigenvalue weighted by Crippen LogP contribution is -2.06. The molecule has 0 radical (unpaired) electrons. The number of ether oxygens (including phenoxy) is 1. The van der Waals surface area contributed by atoms with Gasteiger partial charge in [-0.15, -0.1) is 11.8 Å². The van der Waals surface area contributed by atoms with Gasteiger partial charge in [0.1, 0.15) is 5.75 Å². The second-order valence-electron chi connectivity index (χ2n) is 3.18. The molecule has 0 spiro atoms. The van der Waals surface area contributed by atoms with Crippen LogP contribution >= 0.6 is 11.8 Å². The molecular formula is C11H17NOS. The Morgan fingerprint density at radius 1 is 1.50 bits per heavy atom. The lowest BCUT2D eigenvalue weighted by molar-refractivity contribution is 0.413. The Kier molecular flexibility index (Phi) is 4.84. The molecule has 1 unspecified atom stereocenters. The maximum absolute atomic E-state index is 5.50. The number of rotatable bonds is 5. The maximum atomic E-state index is 5.50. The maximum Gasteiger partial charge on any atom is 0.119 e. The molecule has 2 N–H and O–H groups in total. The molecule has 78 valence electrons. The van der Waals surface area contributed by atoms with E-state index in [-0.39, 0.29) is 0 Å². The molecule has 0 aromatic heterocycles. The van der Waals surface area contributed by atoms with Crippen LogP contribution in [0.5, 0.6) is 5.75 Å². The van der Waals surface area contributed by atoms with Gasteiger partial charge in [-0.1, -0.05) is 13.0 Å². The van der Waals surface area contributed by atoms with Crippen LogP contribution in [0, 0.1) is 0 Å². The molecule has 1 rings (SSSR count). The average molecular weight is 211 g/mol. The molecular weight excluding hydrogens is 194 g/mol. The van der Waals surface area contributed by atoms with E-state index in [2.05, 4.69) is 19.1 Å². The van der Waals surface area contributed by atoms with Crippen LogP contribution < -0.4 is 10.5 Å². The summed E-state index contributed by atoms with van der Waals surface area (Å²) >= 11 is 1.84. The number of thioether (sulfide) groups is 1. The fourth-order valence-corrected chi connectivity index (χ4v) is 2.26. The molecule has 14 heavy (non-hydrogen) atoms. The smallest absolute Gasteiger partial charge is 0.119 e. The third-order valence-electron chi connectivity index (χ3n) is 1.95. The lowest BCUT2D eigenvalue weighted by atomic mass is 10.3. The van der Waals surface area contributed by atoms with Crippen molar-refractivity contribution >= 4 is 11.8 Å². The molecule has 1 aromatic rings. The third-order valence-corrected chi connectivity index (χ3v) is 3.12. The normalized spacial score (nSPS) is 12.5. The molecule has 0 saturated carbocycles. The molecule has 0 bridgehead atoms. The highest BCUT2D eigenvalue weighted by molar-refractivity contribution is 7.99. The first-order valence-electron chi connectivity index (χ1n) is 4.77. The molecule has 3 heteroatoms. The van der Waals surface area contributed by atoms with E-state index in [9.17, 15) is 0 Å². The zero-order valence-electron chi connectivity index (χ0n) is 8.69. The lowest BCUT2D eigenvalue weighted by Gasteiger charge is -2.10. The third kappa shape index (κ3) is 3.60. The predicted molar refractivity (Wildman–Crippen MR) is 62.0 cm³/mol. The van der Waals surface area contributed by atoms with E-state index < -0.39 is 0 Å². The minimum Gasteiger partial charge on any atom is -0.497 e. The number of hydrogen-bond acceptors (Lipinski definition) is 3. The Balaban J connectivity index is 2.57. The number of nitrogens with two attached hydrogens (primary N) is 1. The molecule has 0 amide bonds. The quantitative estimate of drug-likeness (QED) is 0.760. The summed E-state index contributed by atoms with van der Waals surface area (Å²) in [6, 6.07) is 8.12. The zero-order valence-corrected chi connectivity index (χ0v) is 9.51. The molecule has 0 fully saturated rings. The van der Waals surface area contributed by atoms with Gasteiger partial charge in [-0.25, -0.2) is 0 Å². The zero-order chi connectivity index (χ0) is 10.4. The Hall–Kier alpha value is -0.670. The van der Waals surface area contributed by atoms with Gasteiger partial charge < -0.3 is 10.5 Å². The Morgan fingerprint density at radius 3 is 2.93 bits per heavy atom. The Labute approximate surface area is 89.8 Å². The monoisotopic (exact) mass is 211 g/mol. The largest absolute Gasteiger partial charge is 0.497 e. The van der Waals surface area contributed by atoms with Crippen LogP contribution in [-0.4, -0.2) is 18.9 Å². The van der Waals surface area contributed by atoms with Crippen molar-refractivity contribution in [1.82, 2.24) is 0 Å². The van der Waals surface area contributed by atoms with E-state index in [0.717, 1.165) is 18.7 Å². The van der Waals surface area contributed by atoms with Crippen LogP contribution in [0.25, 0.3) is 0 Å². The Morgan fingerprint density at radius 2 is 2.29 bits per heavy atom. The summed E-state index contributed by atoms with van der Waals surface area (Å²) in [6.07, 6.45) is 1.04. The van der Waals surface area contributed by atoms with Crippen molar-refractivity contribution in [2.75, 3.05) is 13.7 Å². The summed E-state index contributed by atoms with van der Waals surface area (Å²) in [5, 5.41) is 0.562. The fourth-order valence-electron chi connectivity index (χ4n) is 1.20. The standard InChI is InChI=1S/C11H17NOS/c1-9(6-7-12)14-11-5-3-4-10(8-11)13-2/h3-5,8-9H,6-7,12H2,1-2H3. The molecule has 2 nitrogen and oxygen atoms in total. The summed E-state index contributed by atoms with van der Waals surface area (Å²) in [5.41, 5.74) is 5.50. The van der Waals surface area contributed by atoms with Crippen LogP contribution in [0.4, 0.5) is 0 Å². The van der Waals surface area contributed by atoms with Gasteiger partial charge in [0, 0.05) is 10.1 Å². The highest BCUT2D eigenvalue weighted by Crippen LogP contribution is 2.27. The number of benzene rings is 1. The first-order valence-corrected chi connectivity index (χ1v) is 5.65. The van der Waals surface area contributed by atoms with Crippen LogP contribution in [0.1, 0.15) is 13.3 Å². The first kappa shape index (κ1) is 11.4. The van der Waals surface area contributed by atoms with Gasteiger partial charge in [0.2, 0.25) is 0 Å². The highest BCUT2D eigenvalue weighted by Gasteiger charge is 2.03. The van der Waals surface area contributed by atoms with Gasteiger partial charge in [-0.05, 0) is 31.2 Å². The average Bonchev–Trinajstić information content (AvgIpc) is 2.18. The highest BCUT2D eigenvalue weighted by atomic mass is 32.2. The topological polar surface area (TPSA) is 35.2 Å². The van der Waals surface area contributed by atoms with Gasteiger partial charge in [-0.2, -0.15) is 0 Å². The molecule has 1 aromatic carbocycles. The summed E-state index contributed by atoms with van der Waals surface area (Å²) in [4.78, 5) is 1.24. The fraction of sp³-hybridized carbons (Fsp3) is 0.455. The van der Waals surface area contributed by atoms with Crippen molar-refractivity contribution < 1.29 is 4.74 Å². The van der Waals surface area contributed by atoms with E-state index in [1.54, 1.807) is 7.11 Å². The van der Waals surface area contributed by atoms with Crippen molar-refractivity contribution in [3.05, 3.63) is 24.3 Å². The number of methoxy groups -OCH3 is 1. The second kappa shape index (κ2) is 5.94. The molecule has 0 heterocycles. The van der Waals surface area contributed by atoms with Gasteiger partial charge in [0.25, 0.3) is 0 Å². The molecule has 0 saturated heterocycles. The van der Waals surface area contributed by atoms with E-state index >= 15 is 0 Å². The minimum atomic E-state index is 0.562. The second-order valence-corrected chi connectivity index (χ2v) is 4.70. The number of hydrogen-bond donors (Lipinski definition) is 1. The molecule has 0 aliphatic carbocycles. The molecule has 0 aliphatic heterocycles. The first-order chi connectivity index (χ1) is 6.76. The summed E-state index contributed by atoms with van der Waals surface area (Å²) in [5.74, 6) is 0.912. The predicted octanol–water partition coefficient (Wildman–Crippen LogP) is 2.52. The molecule has 0 aliphatic rings. The van der Waals surface area contributed by atoms with Crippen LogP contribution in [0.3, 0.4) is 0 Å².